The average Bonchev–Trinajstić information content (AvgIpc) is 3.31. The standard InChI is InChI=1S/C25H30BrCl2N3O4S/c1-3-23(25(33)29-20-6-4-5-7-20)30(15-17-8-11-19(27)14-22(17)28)24(32)16-31(36(2,34)35)21-12-9-18(26)10-13-21/h8-14,20,23H,3-7,15-16H2,1-2H3,(H,29,33)/t23-/m0/s1. The second-order valence-corrected chi connectivity index (χ2v) is 12.6. The summed E-state index contributed by atoms with van der Waals surface area (Å²) in [5.41, 5.74) is 0.957. The first-order chi connectivity index (χ1) is 17.0. The maximum absolute atomic E-state index is 13.7. The number of hydrogen-bond donors (Lipinski definition) is 1. The van der Waals surface area contributed by atoms with Crippen LogP contribution in [0, 0.1) is 0 Å². The monoisotopic (exact) mass is 617 g/mol. The van der Waals surface area contributed by atoms with Crippen LogP contribution in [0.1, 0.15) is 44.6 Å². The molecular weight excluding hydrogens is 589 g/mol. The van der Waals surface area contributed by atoms with Gasteiger partial charge in [0.15, 0.2) is 0 Å². The first-order valence-electron chi connectivity index (χ1n) is 11.8. The van der Waals surface area contributed by atoms with E-state index in [9.17, 15) is 18.0 Å². The molecule has 1 aliphatic rings. The molecule has 1 atom stereocenters. The number of carbonyl (C=O) groups excluding carboxylic acids is 2. The van der Waals surface area contributed by atoms with Gasteiger partial charge in [0, 0.05) is 27.1 Å². The number of halogens is 3. The van der Waals surface area contributed by atoms with E-state index in [-0.39, 0.29) is 18.5 Å². The van der Waals surface area contributed by atoms with Gasteiger partial charge in [-0.1, -0.05) is 65.0 Å². The van der Waals surface area contributed by atoms with Crippen LogP contribution >= 0.6 is 39.1 Å². The van der Waals surface area contributed by atoms with E-state index in [1.165, 1.54) is 4.90 Å². The molecular formula is C25H30BrCl2N3O4S. The van der Waals surface area contributed by atoms with Gasteiger partial charge in [0.25, 0.3) is 0 Å². The Morgan fingerprint density at radius 2 is 1.75 bits per heavy atom. The third kappa shape index (κ3) is 7.60. The molecule has 0 heterocycles. The zero-order chi connectivity index (χ0) is 26.5. The van der Waals surface area contributed by atoms with Crippen LogP contribution in [-0.2, 0) is 26.2 Å². The molecule has 0 unspecified atom stereocenters. The van der Waals surface area contributed by atoms with Crippen molar-refractivity contribution in [2.75, 3.05) is 17.1 Å². The minimum Gasteiger partial charge on any atom is -0.352 e. The van der Waals surface area contributed by atoms with Gasteiger partial charge in [-0.2, -0.15) is 0 Å². The number of anilines is 1. The van der Waals surface area contributed by atoms with Crippen molar-refractivity contribution in [3.05, 3.63) is 62.5 Å². The third-order valence-corrected chi connectivity index (χ3v) is 8.49. The zero-order valence-electron chi connectivity index (χ0n) is 20.2. The van der Waals surface area contributed by atoms with E-state index in [0.717, 1.165) is 40.7 Å². The van der Waals surface area contributed by atoms with Crippen molar-refractivity contribution < 1.29 is 18.0 Å². The number of rotatable bonds is 10. The highest BCUT2D eigenvalue weighted by Crippen LogP contribution is 2.26. The van der Waals surface area contributed by atoms with Crippen molar-refractivity contribution in [3.63, 3.8) is 0 Å². The van der Waals surface area contributed by atoms with Crippen LogP contribution in [-0.4, -0.2) is 50.0 Å². The van der Waals surface area contributed by atoms with Gasteiger partial charge in [-0.3, -0.25) is 13.9 Å². The summed E-state index contributed by atoms with van der Waals surface area (Å²) in [6.45, 7) is 1.40. The smallest absolute Gasteiger partial charge is 0.244 e. The van der Waals surface area contributed by atoms with E-state index in [1.807, 2.05) is 6.92 Å². The predicted molar refractivity (Wildman–Crippen MR) is 148 cm³/mol. The summed E-state index contributed by atoms with van der Waals surface area (Å²) >= 11 is 15.8. The van der Waals surface area contributed by atoms with E-state index in [1.54, 1.807) is 42.5 Å². The second kappa shape index (κ2) is 12.6. The lowest BCUT2D eigenvalue weighted by atomic mass is 10.1. The Labute approximate surface area is 231 Å². The van der Waals surface area contributed by atoms with Crippen molar-refractivity contribution in [1.29, 1.82) is 0 Å². The van der Waals surface area contributed by atoms with Gasteiger partial charge < -0.3 is 10.2 Å². The van der Waals surface area contributed by atoms with E-state index >= 15 is 0 Å². The normalized spacial score (nSPS) is 14.9. The summed E-state index contributed by atoms with van der Waals surface area (Å²) in [5.74, 6) is -0.764. The van der Waals surface area contributed by atoms with Crippen LogP contribution in [0.25, 0.3) is 0 Å². The molecule has 2 aromatic rings. The average molecular weight is 619 g/mol. The van der Waals surface area contributed by atoms with Gasteiger partial charge in [-0.05, 0) is 61.2 Å². The third-order valence-electron chi connectivity index (χ3n) is 6.24. The minimum atomic E-state index is -3.79. The number of benzene rings is 2. The van der Waals surface area contributed by atoms with Crippen LogP contribution in [0.3, 0.4) is 0 Å². The largest absolute Gasteiger partial charge is 0.352 e. The molecule has 1 saturated carbocycles. The van der Waals surface area contributed by atoms with Gasteiger partial charge in [0.05, 0.1) is 11.9 Å². The Kier molecular flexibility index (Phi) is 10.1. The molecule has 0 spiro atoms. The van der Waals surface area contributed by atoms with Crippen LogP contribution in [0.15, 0.2) is 46.9 Å². The fraction of sp³-hybridized carbons (Fsp3) is 0.440. The summed E-state index contributed by atoms with van der Waals surface area (Å²) in [5, 5.41) is 3.88. The molecule has 36 heavy (non-hydrogen) atoms. The number of carbonyl (C=O) groups is 2. The molecule has 11 heteroatoms. The van der Waals surface area contributed by atoms with E-state index < -0.39 is 28.5 Å². The minimum absolute atomic E-state index is 0.0311. The van der Waals surface area contributed by atoms with Gasteiger partial charge in [-0.25, -0.2) is 8.42 Å². The number of amides is 2. The molecule has 196 valence electrons. The molecule has 0 aromatic heterocycles. The van der Waals surface area contributed by atoms with Crippen molar-refractivity contribution in [1.82, 2.24) is 10.2 Å². The summed E-state index contributed by atoms with van der Waals surface area (Å²) in [7, 11) is -3.79. The molecule has 0 aliphatic heterocycles. The fourth-order valence-corrected chi connectivity index (χ4v) is 5.92. The molecule has 0 bridgehead atoms. The lowest BCUT2D eigenvalue weighted by Crippen LogP contribution is -2.53. The summed E-state index contributed by atoms with van der Waals surface area (Å²) in [6, 6.07) is 10.9. The number of hydrogen-bond acceptors (Lipinski definition) is 4. The molecule has 3 rings (SSSR count). The second-order valence-electron chi connectivity index (χ2n) is 8.92. The number of sulfonamides is 1. The van der Waals surface area contributed by atoms with Crippen LogP contribution < -0.4 is 9.62 Å². The molecule has 2 aromatic carbocycles. The number of nitrogens with one attached hydrogen (secondary N) is 1. The molecule has 1 fully saturated rings. The van der Waals surface area contributed by atoms with Crippen LogP contribution in [0.5, 0.6) is 0 Å². The maximum Gasteiger partial charge on any atom is 0.244 e. The topological polar surface area (TPSA) is 86.8 Å². The lowest BCUT2D eigenvalue weighted by Gasteiger charge is -2.33. The Hall–Kier alpha value is -1.81. The SMILES string of the molecule is CC[C@@H](C(=O)NC1CCCC1)N(Cc1ccc(Cl)cc1Cl)C(=O)CN(c1ccc(Br)cc1)S(C)(=O)=O. The maximum atomic E-state index is 13.7. The lowest BCUT2D eigenvalue weighted by molar-refractivity contribution is -0.140. The van der Waals surface area contributed by atoms with E-state index in [0.29, 0.717) is 27.7 Å². The first-order valence-corrected chi connectivity index (χ1v) is 15.2. The van der Waals surface area contributed by atoms with E-state index in [2.05, 4.69) is 21.2 Å². The van der Waals surface area contributed by atoms with Crippen LogP contribution in [0.2, 0.25) is 10.0 Å². The first kappa shape index (κ1) is 28.8. The Balaban J connectivity index is 1.94. The summed E-state index contributed by atoms with van der Waals surface area (Å²) in [4.78, 5) is 28.4. The highest BCUT2D eigenvalue weighted by molar-refractivity contribution is 9.10. The Morgan fingerprint density at radius 1 is 1.11 bits per heavy atom. The highest BCUT2D eigenvalue weighted by atomic mass is 79.9. The van der Waals surface area contributed by atoms with Crippen molar-refractivity contribution >= 4 is 66.7 Å². The molecule has 1 aliphatic carbocycles. The van der Waals surface area contributed by atoms with Crippen molar-refractivity contribution in [2.24, 2.45) is 0 Å². The molecule has 1 N–H and O–H groups in total. The Morgan fingerprint density at radius 3 is 2.31 bits per heavy atom. The van der Waals surface area contributed by atoms with Crippen molar-refractivity contribution in [3.8, 4) is 0 Å². The molecule has 0 radical (unpaired) electrons. The quantitative estimate of drug-likeness (QED) is 0.387. The van der Waals surface area contributed by atoms with Crippen LogP contribution in [0.4, 0.5) is 5.69 Å². The summed E-state index contributed by atoms with van der Waals surface area (Å²) < 4.78 is 27.1. The van der Waals surface area contributed by atoms with Crippen molar-refractivity contribution in [2.45, 2.75) is 57.7 Å². The zero-order valence-corrected chi connectivity index (χ0v) is 24.1. The summed E-state index contributed by atoms with van der Waals surface area (Å²) in [6.07, 6.45) is 5.33. The predicted octanol–water partition coefficient (Wildman–Crippen LogP) is 5.39. The molecule has 0 saturated heterocycles. The highest BCUT2D eigenvalue weighted by Gasteiger charge is 2.33. The van der Waals surface area contributed by atoms with Gasteiger partial charge >= 0.3 is 0 Å². The van der Waals surface area contributed by atoms with Gasteiger partial charge in [-0.15, -0.1) is 0 Å². The number of nitrogens with zero attached hydrogens (tertiary/aromatic N) is 2. The van der Waals surface area contributed by atoms with E-state index in [4.69, 9.17) is 23.2 Å². The van der Waals surface area contributed by atoms with Gasteiger partial charge in [0.1, 0.15) is 12.6 Å². The Bertz CT molecular complexity index is 1190. The van der Waals surface area contributed by atoms with Gasteiger partial charge in [0.2, 0.25) is 21.8 Å². The molecule has 7 nitrogen and oxygen atoms in total. The fourth-order valence-electron chi connectivity index (χ4n) is 4.34. The molecule has 2 amide bonds.